The first kappa shape index (κ1) is 94.3. The van der Waals surface area contributed by atoms with Crippen LogP contribution in [0.3, 0.4) is 0 Å². The number of aryl methyl sites for hydroxylation is 4. The number of rotatable bonds is 13. The highest BCUT2D eigenvalue weighted by molar-refractivity contribution is 9.10. The summed E-state index contributed by atoms with van der Waals surface area (Å²) in [7, 11) is 0. The minimum atomic E-state index is -5.01. The summed E-state index contributed by atoms with van der Waals surface area (Å²) in [6.07, 6.45) is -38.7. The molecule has 12 aromatic rings. The molecule has 5 N–H and O–H groups in total. The second kappa shape index (κ2) is 36.8. The predicted molar refractivity (Wildman–Crippen MR) is 398 cm³/mol. The fourth-order valence-electron chi connectivity index (χ4n) is 11.1. The van der Waals surface area contributed by atoms with E-state index in [4.69, 9.17) is 34.4 Å². The van der Waals surface area contributed by atoms with Crippen molar-refractivity contribution in [3.05, 3.63) is 305 Å². The molecule has 4 aromatic heterocycles. The van der Waals surface area contributed by atoms with E-state index in [0.717, 1.165) is 48.5 Å². The van der Waals surface area contributed by atoms with Crippen molar-refractivity contribution in [1.82, 2.24) is 0 Å². The van der Waals surface area contributed by atoms with Crippen molar-refractivity contribution in [3.63, 3.8) is 0 Å². The Kier molecular flexibility index (Phi) is 28.7. The molecule has 0 bridgehead atoms. The Hall–Kier alpha value is -12.2. The van der Waals surface area contributed by atoms with Crippen LogP contribution in [0, 0.1) is 27.7 Å². The molecule has 0 radical (unpaired) electrons. The standard InChI is InChI=1S/C21H15F6NO3.C20H12BrF6NO2.C20H12ClF6NO2.C20H13F6NO2.CH4/c1-11-6-14(20(22,23)24)8-15(7-11)28-19(30)16-9-17(31-18(16)21(25,26)27)13-4-2-12(10-29)3-5-13;2*1-10-6-12(19(22,23)24)8-14(7-10)28-18(29)15-9-16(30-17(15)20(25,26)27)11-2-4-13(21)5-3-11;1-11-7-13(19(21,22)23)9-14(8-11)27-18(28)15-10-16(12-5-3-2-4-6-12)29-17(15)20(24,25)26;/h2-9,29H,10H2,1H3,(H,28,30);2*2-9H,1H3,(H,28,29);2-10H,1H3,(H,27,28);1H4. The van der Waals surface area contributed by atoms with Crippen molar-refractivity contribution in [2.45, 2.75) is 91.1 Å². The van der Waals surface area contributed by atoms with Crippen LogP contribution in [0.5, 0.6) is 0 Å². The van der Waals surface area contributed by atoms with Crippen LogP contribution in [0.25, 0.3) is 45.3 Å². The summed E-state index contributed by atoms with van der Waals surface area (Å²) >= 11 is 8.95. The number of hydrogen-bond donors (Lipinski definition) is 5. The van der Waals surface area contributed by atoms with E-state index in [1.807, 2.05) is 0 Å². The number of nitrogens with one attached hydrogen (secondary N) is 4. The average molecular weight is 1810 g/mol. The Morgan fingerprint density at radius 1 is 0.314 bits per heavy atom. The number of carbonyl (C=O) groups is 4. The fraction of sp³-hybridized carbons (Fsp3) is 0.171. The Balaban J connectivity index is 0.000000200. The van der Waals surface area contributed by atoms with Crippen LogP contribution < -0.4 is 21.3 Å². The minimum Gasteiger partial charge on any atom is -0.451 e. The van der Waals surface area contributed by atoms with Crippen LogP contribution in [-0.4, -0.2) is 28.7 Å². The van der Waals surface area contributed by atoms with Gasteiger partial charge in [0.05, 0.1) is 51.1 Å². The van der Waals surface area contributed by atoms with Crippen molar-refractivity contribution in [3.8, 4) is 45.3 Å². The molecule has 13 nitrogen and oxygen atoms in total. The molecule has 0 saturated carbocycles. The number of alkyl halides is 24. The molecule has 12 rings (SSSR count). The molecule has 39 heteroatoms. The zero-order valence-electron chi connectivity index (χ0n) is 60.8. The van der Waals surface area contributed by atoms with E-state index in [9.17, 15) is 125 Å². The van der Waals surface area contributed by atoms with Crippen molar-refractivity contribution < 1.29 is 147 Å². The van der Waals surface area contributed by atoms with E-state index in [-0.39, 0.29) is 98.8 Å². The molecule has 0 atom stereocenters. The lowest BCUT2D eigenvalue weighted by atomic mass is 10.1. The Labute approximate surface area is 681 Å². The van der Waals surface area contributed by atoms with Crippen LogP contribution in [0.4, 0.5) is 128 Å². The van der Waals surface area contributed by atoms with Gasteiger partial charge in [-0.05, 0) is 189 Å². The summed E-state index contributed by atoms with van der Waals surface area (Å²) in [4.78, 5) is 49.9. The molecule has 8 aromatic carbocycles. The van der Waals surface area contributed by atoms with Crippen molar-refractivity contribution in [1.29, 1.82) is 0 Å². The third-order valence-corrected chi connectivity index (χ3v) is 17.1. The quantitative estimate of drug-likeness (QED) is 0.0700. The largest absolute Gasteiger partial charge is 0.451 e. The lowest BCUT2D eigenvalue weighted by Crippen LogP contribution is -2.17. The summed E-state index contributed by atoms with van der Waals surface area (Å²) in [6.45, 7) is 5.20. The number of furan rings is 4. The number of halogens is 26. The number of amides is 4. The first-order valence-electron chi connectivity index (χ1n) is 33.6. The molecule has 4 amide bonds. The second-order valence-corrected chi connectivity index (χ2v) is 27.2. The van der Waals surface area contributed by atoms with Crippen LogP contribution in [0.2, 0.25) is 5.02 Å². The molecule has 640 valence electrons. The molecule has 0 unspecified atom stereocenters. The highest BCUT2D eigenvalue weighted by Gasteiger charge is 2.45. The molecule has 0 fully saturated rings. The fourth-order valence-corrected chi connectivity index (χ4v) is 11.5. The third-order valence-electron chi connectivity index (χ3n) is 16.3. The van der Waals surface area contributed by atoms with Gasteiger partial charge in [0.25, 0.3) is 23.6 Å². The van der Waals surface area contributed by atoms with Gasteiger partial charge in [0, 0.05) is 54.5 Å². The van der Waals surface area contributed by atoms with E-state index in [0.29, 0.717) is 44.9 Å². The van der Waals surface area contributed by atoms with Crippen LogP contribution in [-0.2, 0) is 56.0 Å². The van der Waals surface area contributed by atoms with Gasteiger partial charge in [-0.15, -0.1) is 0 Å². The van der Waals surface area contributed by atoms with Gasteiger partial charge >= 0.3 is 49.4 Å². The number of carbonyl (C=O) groups excluding carboxylic acids is 4. The maximum Gasteiger partial charge on any atom is 0.450 e. The van der Waals surface area contributed by atoms with Crippen molar-refractivity contribution in [2.75, 3.05) is 21.3 Å². The van der Waals surface area contributed by atoms with E-state index in [1.54, 1.807) is 30.3 Å². The summed E-state index contributed by atoms with van der Waals surface area (Å²) in [5.74, 6) is -12.1. The zero-order valence-corrected chi connectivity index (χ0v) is 63.1. The second-order valence-electron chi connectivity index (χ2n) is 25.8. The van der Waals surface area contributed by atoms with E-state index in [1.165, 1.54) is 125 Å². The molecule has 0 saturated heterocycles. The van der Waals surface area contributed by atoms with E-state index in [2.05, 4.69) is 37.2 Å². The van der Waals surface area contributed by atoms with Gasteiger partial charge in [0.2, 0.25) is 23.0 Å². The molecular weight excluding hydrogens is 1760 g/mol. The summed E-state index contributed by atoms with van der Waals surface area (Å²) in [5, 5.41) is 17.7. The normalized spacial score (nSPS) is 12.0. The zero-order chi connectivity index (χ0) is 88.9. The van der Waals surface area contributed by atoms with Gasteiger partial charge < -0.3 is 44.0 Å². The van der Waals surface area contributed by atoms with Crippen molar-refractivity contribution in [2.24, 2.45) is 0 Å². The number of aliphatic hydroxyl groups is 1. The third kappa shape index (κ3) is 25.0. The first-order chi connectivity index (χ1) is 55.5. The number of aliphatic hydroxyl groups excluding tert-OH is 1. The SMILES string of the molecule is C.Cc1cc(NC(=O)c2cc(-c3ccc(Br)cc3)oc2C(F)(F)F)cc(C(F)(F)F)c1.Cc1cc(NC(=O)c2cc(-c3ccc(CO)cc3)oc2C(F)(F)F)cc(C(F)(F)F)c1.Cc1cc(NC(=O)c2cc(-c3ccc(Cl)cc3)oc2C(F)(F)F)cc(C(F)(F)F)c1.Cc1cc(NC(=O)c2cc(-c3ccccc3)oc2C(F)(F)F)cc(C(F)(F)F)c1. The highest BCUT2D eigenvalue weighted by Crippen LogP contribution is 2.45. The average Bonchev–Trinajstić information content (AvgIpc) is 1.68. The summed E-state index contributed by atoms with van der Waals surface area (Å²) in [5.41, 5.74) is -6.43. The number of benzene rings is 8. The minimum absolute atomic E-state index is 0. The predicted octanol–water partition coefficient (Wildman–Crippen LogP) is 27.7. The maximum absolute atomic E-state index is 13.4. The van der Waals surface area contributed by atoms with Crippen LogP contribution in [0.15, 0.2) is 222 Å². The molecule has 0 aliphatic heterocycles. The number of hydrogen-bond acceptors (Lipinski definition) is 9. The van der Waals surface area contributed by atoms with Gasteiger partial charge in [-0.3, -0.25) is 19.2 Å². The first-order valence-corrected chi connectivity index (χ1v) is 34.8. The molecule has 4 heterocycles. The monoisotopic (exact) mass is 1810 g/mol. The Morgan fingerprint density at radius 3 is 0.760 bits per heavy atom. The van der Waals surface area contributed by atoms with Gasteiger partial charge in [0.15, 0.2) is 0 Å². The molecule has 0 aliphatic rings. The Bertz CT molecular complexity index is 5520. The molecular formula is C82H56BrClF24N4O9. The summed E-state index contributed by atoms with van der Waals surface area (Å²) in [6, 6.07) is 39.8. The Morgan fingerprint density at radius 2 is 0.537 bits per heavy atom. The molecule has 0 spiro atoms. The van der Waals surface area contributed by atoms with E-state index >= 15 is 0 Å². The van der Waals surface area contributed by atoms with Crippen LogP contribution in [0.1, 0.15) is 122 Å². The lowest BCUT2D eigenvalue weighted by Gasteiger charge is -2.12. The topological polar surface area (TPSA) is 189 Å². The molecule has 121 heavy (non-hydrogen) atoms. The summed E-state index contributed by atoms with van der Waals surface area (Å²) < 4.78 is 336. The maximum atomic E-state index is 13.4. The lowest BCUT2D eigenvalue weighted by molar-refractivity contribution is -0.153. The van der Waals surface area contributed by atoms with Crippen LogP contribution >= 0.6 is 27.5 Å². The van der Waals surface area contributed by atoms with Crippen molar-refractivity contribution >= 4 is 73.9 Å². The van der Waals surface area contributed by atoms with Gasteiger partial charge in [-0.25, -0.2) is 0 Å². The molecule has 0 aliphatic carbocycles. The van der Waals surface area contributed by atoms with Gasteiger partial charge in [-0.2, -0.15) is 105 Å². The van der Waals surface area contributed by atoms with Gasteiger partial charge in [-0.1, -0.05) is 102 Å². The smallest absolute Gasteiger partial charge is 0.450 e. The number of anilines is 4. The highest BCUT2D eigenvalue weighted by atomic mass is 79.9. The van der Waals surface area contributed by atoms with Gasteiger partial charge in [0.1, 0.15) is 23.0 Å². The van der Waals surface area contributed by atoms with E-state index < -0.39 is 141 Å².